The molecule has 0 spiro atoms. The summed E-state index contributed by atoms with van der Waals surface area (Å²) in [4.78, 5) is 24.6. The van der Waals surface area contributed by atoms with Gasteiger partial charge in [0.05, 0.1) is 15.4 Å². The van der Waals surface area contributed by atoms with Gasteiger partial charge in [-0.15, -0.1) is 0 Å². The zero-order chi connectivity index (χ0) is 15.1. The summed E-state index contributed by atoms with van der Waals surface area (Å²) >= 11 is 6.04. The lowest BCUT2D eigenvalue weighted by molar-refractivity contribution is -0.384. The lowest BCUT2D eigenvalue weighted by atomic mass is 10.1. The molecule has 3 aromatic rings. The van der Waals surface area contributed by atoms with Crippen molar-refractivity contribution in [2.75, 3.05) is 0 Å². The maximum absolute atomic E-state index is 10.8. The average molecular weight is 304 g/mol. The van der Waals surface area contributed by atoms with Gasteiger partial charge in [-0.3, -0.25) is 20.2 Å². The highest BCUT2D eigenvalue weighted by Gasteiger charge is 2.14. The third-order valence-electron chi connectivity index (χ3n) is 3.14. The van der Waals surface area contributed by atoms with E-state index in [9.17, 15) is 20.2 Å². The highest BCUT2D eigenvalue weighted by molar-refractivity contribution is 6.35. The topological polar surface area (TPSA) is 99.2 Å². The molecule has 0 fully saturated rings. The second-order valence-corrected chi connectivity index (χ2v) is 4.71. The van der Waals surface area contributed by atoms with Crippen LogP contribution in [0.3, 0.4) is 0 Å². The zero-order valence-corrected chi connectivity index (χ0v) is 11.1. The van der Waals surface area contributed by atoms with E-state index in [0.29, 0.717) is 21.7 Å². The van der Waals surface area contributed by atoms with Crippen molar-refractivity contribution in [1.82, 2.24) is 4.98 Å². The van der Waals surface area contributed by atoms with Crippen LogP contribution in [0.25, 0.3) is 21.7 Å². The van der Waals surface area contributed by atoms with Crippen molar-refractivity contribution in [3.63, 3.8) is 0 Å². The molecule has 0 aliphatic rings. The van der Waals surface area contributed by atoms with Gasteiger partial charge in [0, 0.05) is 35.0 Å². The van der Waals surface area contributed by atoms with Crippen LogP contribution in [-0.2, 0) is 0 Å². The predicted molar refractivity (Wildman–Crippen MR) is 77.6 cm³/mol. The van der Waals surface area contributed by atoms with Crippen LogP contribution in [0.1, 0.15) is 0 Å². The highest BCUT2D eigenvalue weighted by atomic mass is 35.5. The third-order valence-corrected chi connectivity index (χ3v) is 3.43. The molecule has 0 atom stereocenters. The summed E-state index contributed by atoms with van der Waals surface area (Å²) in [6.45, 7) is 0. The van der Waals surface area contributed by atoms with E-state index in [-0.39, 0.29) is 16.5 Å². The first-order valence-corrected chi connectivity index (χ1v) is 6.17. The van der Waals surface area contributed by atoms with Gasteiger partial charge in [-0.1, -0.05) is 11.6 Å². The summed E-state index contributed by atoms with van der Waals surface area (Å²) in [7, 11) is 0. The minimum atomic E-state index is -0.519. The van der Waals surface area contributed by atoms with Crippen molar-refractivity contribution in [2.45, 2.75) is 0 Å². The number of hydrogen-bond donors (Lipinski definition) is 0. The number of nitro benzene ring substituents is 2. The van der Waals surface area contributed by atoms with Crippen molar-refractivity contribution in [3.05, 3.63) is 61.8 Å². The van der Waals surface area contributed by atoms with Crippen LogP contribution in [0.15, 0.2) is 36.4 Å². The summed E-state index contributed by atoms with van der Waals surface area (Å²) < 4.78 is 0. The van der Waals surface area contributed by atoms with Crippen molar-refractivity contribution in [1.29, 1.82) is 0 Å². The molecular formula is C13H6ClN3O4. The first-order valence-electron chi connectivity index (χ1n) is 5.79. The second kappa shape index (κ2) is 4.64. The van der Waals surface area contributed by atoms with Crippen molar-refractivity contribution < 1.29 is 9.85 Å². The first kappa shape index (κ1) is 13.2. The monoisotopic (exact) mass is 303 g/mol. The Hall–Kier alpha value is -2.80. The molecule has 0 amide bonds. The molecule has 21 heavy (non-hydrogen) atoms. The van der Waals surface area contributed by atoms with E-state index in [2.05, 4.69) is 4.98 Å². The van der Waals surface area contributed by atoms with Gasteiger partial charge in [-0.05, 0) is 17.5 Å². The molecule has 2 aromatic carbocycles. The Labute approximate surface area is 122 Å². The van der Waals surface area contributed by atoms with E-state index in [1.807, 2.05) is 0 Å². The Balaban J connectivity index is 2.38. The SMILES string of the molecule is O=[N+]([O-])c1ccc2c(c1)nc(Cl)c1cc([N+](=O)[O-])ccc12. The largest absolute Gasteiger partial charge is 0.271 e. The fourth-order valence-electron chi connectivity index (χ4n) is 2.17. The molecule has 0 radical (unpaired) electrons. The number of fused-ring (bicyclic) bond motifs is 3. The van der Waals surface area contributed by atoms with Crippen molar-refractivity contribution >= 4 is 44.7 Å². The molecule has 0 aliphatic carbocycles. The van der Waals surface area contributed by atoms with Crippen LogP contribution < -0.4 is 0 Å². The Bertz CT molecular complexity index is 926. The van der Waals surface area contributed by atoms with Crippen LogP contribution in [-0.4, -0.2) is 14.8 Å². The zero-order valence-electron chi connectivity index (χ0n) is 10.3. The molecule has 7 nitrogen and oxygen atoms in total. The third kappa shape index (κ3) is 2.13. The van der Waals surface area contributed by atoms with Gasteiger partial charge in [0.15, 0.2) is 0 Å². The number of nitrogens with zero attached hydrogens (tertiary/aromatic N) is 3. The number of nitro groups is 2. The molecule has 104 valence electrons. The maximum atomic E-state index is 10.8. The van der Waals surface area contributed by atoms with Gasteiger partial charge in [-0.2, -0.15) is 0 Å². The van der Waals surface area contributed by atoms with Crippen LogP contribution in [0.2, 0.25) is 5.15 Å². The Morgan fingerprint density at radius 2 is 1.43 bits per heavy atom. The maximum Gasteiger partial charge on any atom is 0.271 e. The van der Waals surface area contributed by atoms with Crippen LogP contribution in [0.5, 0.6) is 0 Å². The van der Waals surface area contributed by atoms with E-state index in [4.69, 9.17) is 11.6 Å². The lowest BCUT2D eigenvalue weighted by Gasteiger charge is -2.05. The molecule has 0 bridgehead atoms. The lowest BCUT2D eigenvalue weighted by Crippen LogP contribution is -1.92. The summed E-state index contributed by atoms with van der Waals surface area (Å²) in [6.07, 6.45) is 0. The van der Waals surface area contributed by atoms with E-state index >= 15 is 0 Å². The molecule has 3 rings (SSSR count). The normalized spacial score (nSPS) is 10.9. The van der Waals surface area contributed by atoms with Crippen molar-refractivity contribution in [2.24, 2.45) is 0 Å². The number of non-ortho nitro benzene ring substituents is 2. The van der Waals surface area contributed by atoms with Crippen LogP contribution in [0, 0.1) is 20.2 Å². The number of halogens is 1. The predicted octanol–water partition coefficient (Wildman–Crippen LogP) is 3.86. The van der Waals surface area contributed by atoms with Crippen molar-refractivity contribution in [3.8, 4) is 0 Å². The van der Waals surface area contributed by atoms with Crippen LogP contribution in [0.4, 0.5) is 11.4 Å². The number of pyridine rings is 1. The fraction of sp³-hybridized carbons (Fsp3) is 0. The summed E-state index contributed by atoms with van der Waals surface area (Å²) in [5, 5.41) is 23.4. The number of rotatable bonds is 2. The van der Waals surface area contributed by atoms with E-state index in [0.717, 1.165) is 0 Å². The smallest absolute Gasteiger partial charge is 0.258 e. The number of aromatic nitrogens is 1. The molecule has 0 N–H and O–H groups in total. The van der Waals surface area contributed by atoms with Gasteiger partial charge in [0.1, 0.15) is 5.15 Å². The minimum Gasteiger partial charge on any atom is -0.258 e. The Kier molecular flexibility index (Phi) is 2.91. The molecule has 8 heteroatoms. The van der Waals surface area contributed by atoms with Gasteiger partial charge in [0.25, 0.3) is 11.4 Å². The Morgan fingerprint density at radius 1 is 0.857 bits per heavy atom. The summed E-state index contributed by atoms with van der Waals surface area (Å²) in [5.41, 5.74) is 0.190. The average Bonchev–Trinajstić information content (AvgIpc) is 2.46. The highest BCUT2D eigenvalue weighted by Crippen LogP contribution is 2.33. The Morgan fingerprint density at radius 3 is 2.05 bits per heavy atom. The molecule has 0 saturated carbocycles. The van der Waals surface area contributed by atoms with Gasteiger partial charge >= 0.3 is 0 Å². The van der Waals surface area contributed by atoms with Gasteiger partial charge < -0.3 is 0 Å². The first-order chi connectivity index (χ1) is 9.97. The number of hydrogen-bond acceptors (Lipinski definition) is 5. The summed E-state index contributed by atoms with van der Waals surface area (Å²) in [5.74, 6) is 0. The molecule has 1 aromatic heterocycles. The van der Waals surface area contributed by atoms with E-state index < -0.39 is 9.85 Å². The van der Waals surface area contributed by atoms with Crippen LogP contribution >= 0.6 is 11.6 Å². The standard InChI is InChI=1S/C13H6ClN3O4/c14-13-11-5-7(16(18)19)1-3-9(11)10-4-2-8(17(20)21)6-12(10)15-13/h1-6H. The molecular weight excluding hydrogens is 298 g/mol. The fourth-order valence-corrected chi connectivity index (χ4v) is 2.42. The quantitative estimate of drug-likeness (QED) is 0.310. The summed E-state index contributed by atoms with van der Waals surface area (Å²) in [6, 6.07) is 8.51. The molecule has 1 heterocycles. The second-order valence-electron chi connectivity index (χ2n) is 4.35. The van der Waals surface area contributed by atoms with Gasteiger partial charge in [-0.25, -0.2) is 4.98 Å². The van der Waals surface area contributed by atoms with E-state index in [1.165, 1.54) is 24.3 Å². The molecule has 0 unspecified atom stereocenters. The molecule has 0 aliphatic heterocycles. The molecule has 0 saturated heterocycles. The minimum absolute atomic E-state index is 0.0710. The number of benzene rings is 2. The van der Waals surface area contributed by atoms with E-state index in [1.54, 1.807) is 12.1 Å². The van der Waals surface area contributed by atoms with Gasteiger partial charge in [0.2, 0.25) is 0 Å².